The van der Waals surface area contributed by atoms with E-state index in [2.05, 4.69) is 0 Å². The molecule has 2 aromatic rings. The molecule has 0 spiro atoms. The van der Waals surface area contributed by atoms with Crippen LogP contribution in [0.4, 0.5) is 4.39 Å². The van der Waals surface area contributed by atoms with Gasteiger partial charge < -0.3 is 9.67 Å². The Morgan fingerprint density at radius 3 is 2.75 bits per heavy atom. The van der Waals surface area contributed by atoms with Gasteiger partial charge in [-0.2, -0.15) is 0 Å². The third-order valence-electron chi connectivity index (χ3n) is 2.69. The Morgan fingerprint density at radius 2 is 2.19 bits per heavy atom. The van der Waals surface area contributed by atoms with E-state index in [0.717, 1.165) is 0 Å². The second-order valence-electron chi connectivity index (χ2n) is 3.82. The van der Waals surface area contributed by atoms with Crippen molar-refractivity contribution in [3.05, 3.63) is 35.5 Å². The third-order valence-corrected chi connectivity index (χ3v) is 2.69. The summed E-state index contributed by atoms with van der Waals surface area (Å²) < 4.78 is 15.0. The lowest BCUT2D eigenvalue weighted by molar-refractivity contribution is 0.0698. The van der Waals surface area contributed by atoms with Crippen LogP contribution < -0.4 is 0 Å². The molecule has 3 nitrogen and oxygen atoms in total. The molecule has 0 saturated carbocycles. The van der Waals surface area contributed by atoms with Crippen molar-refractivity contribution < 1.29 is 14.3 Å². The molecule has 0 radical (unpaired) electrons. The monoisotopic (exact) mass is 221 g/mol. The van der Waals surface area contributed by atoms with E-state index in [1.807, 2.05) is 0 Å². The number of benzene rings is 1. The van der Waals surface area contributed by atoms with Crippen LogP contribution in [0.5, 0.6) is 0 Å². The van der Waals surface area contributed by atoms with E-state index in [1.54, 1.807) is 29.9 Å². The number of carboxylic acid groups (broad SMARTS) is 1. The summed E-state index contributed by atoms with van der Waals surface area (Å²) in [7, 11) is 1.72. The van der Waals surface area contributed by atoms with Crippen molar-refractivity contribution in [3.8, 4) is 0 Å². The van der Waals surface area contributed by atoms with Crippen LogP contribution in [-0.2, 0) is 7.05 Å². The summed E-state index contributed by atoms with van der Waals surface area (Å²) in [6, 6.07) is 4.90. The minimum absolute atomic E-state index is 0.201. The summed E-state index contributed by atoms with van der Waals surface area (Å²) >= 11 is 0. The Balaban J connectivity index is 2.84. The number of hydrogen-bond acceptors (Lipinski definition) is 1. The maximum Gasteiger partial charge on any atom is 0.337 e. The molecule has 0 aliphatic rings. The highest BCUT2D eigenvalue weighted by Gasteiger charge is 2.17. The van der Waals surface area contributed by atoms with Crippen molar-refractivity contribution in [2.24, 2.45) is 7.05 Å². The van der Waals surface area contributed by atoms with E-state index in [1.165, 1.54) is 13.0 Å². The highest BCUT2D eigenvalue weighted by Crippen LogP contribution is 2.29. The van der Waals surface area contributed by atoms with Gasteiger partial charge >= 0.3 is 5.97 Å². The number of aromatic nitrogens is 1. The summed E-state index contributed by atoms with van der Waals surface area (Å²) in [4.78, 5) is 11.0. The first-order chi connectivity index (χ1) is 7.52. The van der Waals surface area contributed by atoms with E-state index >= 15 is 0 Å². The maximum atomic E-state index is 13.3. The molecule has 4 heteroatoms. The van der Waals surface area contributed by atoms with Crippen molar-refractivity contribution in [3.63, 3.8) is 0 Å². The fourth-order valence-corrected chi connectivity index (χ4v) is 1.99. The van der Waals surface area contributed by atoms with Gasteiger partial charge in [-0.3, -0.25) is 0 Å². The molecule has 84 valence electrons. The Hall–Kier alpha value is -1.84. The summed E-state index contributed by atoms with van der Waals surface area (Å²) in [5, 5.41) is 9.71. The molecule has 0 aliphatic carbocycles. The van der Waals surface area contributed by atoms with Crippen molar-refractivity contribution in [2.45, 2.75) is 13.1 Å². The van der Waals surface area contributed by atoms with Gasteiger partial charge in [-0.25, -0.2) is 9.18 Å². The smallest absolute Gasteiger partial charge is 0.337 e. The van der Waals surface area contributed by atoms with Crippen LogP contribution in [0.15, 0.2) is 24.4 Å². The molecule has 1 N–H and O–H groups in total. The Kier molecular flexibility index (Phi) is 2.42. The van der Waals surface area contributed by atoms with Crippen LogP contribution >= 0.6 is 0 Å². The number of rotatable bonds is 2. The quantitative estimate of drug-likeness (QED) is 0.847. The lowest BCUT2D eigenvalue weighted by Gasteiger charge is -2.01. The van der Waals surface area contributed by atoms with Gasteiger partial charge in [-0.15, -0.1) is 0 Å². The van der Waals surface area contributed by atoms with Crippen molar-refractivity contribution in [1.29, 1.82) is 0 Å². The van der Waals surface area contributed by atoms with Crippen molar-refractivity contribution >= 4 is 16.9 Å². The number of hydrogen-bond donors (Lipinski definition) is 1. The number of para-hydroxylation sites is 1. The Bertz CT molecular complexity index is 557. The number of carbonyl (C=O) groups is 1. The van der Waals surface area contributed by atoms with Gasteiger partial charge in [0.1, 0.15) is 6.17 Å². The van der Waals surface area contributed by atoms with Gasteiger partial charge in [0.25, 0.3) is 0 Å². The molecule has 1 aromatic carbocycles. The first-order valence-electron chi connectivity index (χ1n) is 4.97. The molecule has 0 aliphatic heterocycles. The largest absolute Gasteiger partial charge is 0.478 e. The lowest BCUT2D eigenvalue weighted by atomic mass is 10.1. The van der Waals surface area contributed by atoms with Crippen LogP contribution in [-0.4, -0.2) is 15.6 Å². The zero-order valence-corrected chi connectivity index (χ0v) is 9.07. The highest BCUT2D eigenvalue weighted by atomic mass is 19.1. The van der Waals surface area contributed by atoms with Gasteiger partial charge in [0.2, 0.25) is 0 Å². The van der Waals surface area contributed by atoms with Gasteiger partial charge in [-0.1, -0.05) is 12.1 Å². The number of halogens is 1. The van der Waals surface area contributed by atoms with Gasteiger partial charge in [-0.05, 0) is 13.0 Å². The SMILES string of the molecule is CC(F)c1cn(C)c2c(C(=O)O)cccc12. The molecule has 1 atom stereocenters. The summed E-state index contributed by atoms with van der Waals surface area (Å²) in [6.07, 6.45) is 0.537. The number of aryl methyl sites for hydroxylation is 1. The first-order valence-corrected chi connectivity index (χ1v) is 4.97. The van der Waals surface area contributed by atoms with Gasteiger partial charge in [0.05, 0.1) is 11.1 Å². The molecule has 0 bridgehead atoms. The fraction of sp³-hybridized carbons (Fsp3) is 0.250. The summed E-state index contributed by atoms with van der Waals surface area (Å²) in [5.41, 5.74) is 1.29. The van der Waals surface area contributed by atoms with E-state index in [9.17, 15) is 9.18 Å². The molecule has 0 saturated heterocycles. The average Bonchev–Trinajstić information content (AvgIpc) is 2.56. The van der Waals surface area contributed by atoms with E-state index < -0.39 is 12.1 Å². The standard InChI is InChI=1S/C12H12FNO2/c1-7(13)10-6-14(2)11-8(10)4-3-5-9(11)12(15)16/h3-7H,1-2H3,(H,15,16). The minimum atomic E-state index is -1.10. The molecular formula is C12H12FNO2. The first kappa shape index (κ1) is 10.7. The average molecular weight is 221 g/mol. The number of alkyl halides is 1. The zero-order chi connectivity index (χ0) is 11.9. The van der Waals surface area contributed by atoms with Gasteiger partial charge in [0.15, 0.2) is 0 Å². The summed E-state index contributed by atoms with van der Waals surface area (Å²) in [5.74, 6) is -0.995. The topological polar surface area (TPSA) is 42.2 Å². The second-order valence-corrected chi connectivity index (χ2v) is 3.82. The predicted molar refractivity (Wildman–Crippen MR) is 59.4 cm³/mol. The molecule has 1 heterocycles. The third kappa shape index (κ3) is 1.46. The maximum absolute atomic E-state index is 13.3. The summed E-state index contributed by atoms with van der Waals surface area (Å²) in [6.45, 7) is 1.45. The zero-order valence-electron chi connectivity index (χ0n) is 9.07. The number of aromatic carboxylic acids is 1. The van der Waals surface area contributed by atoms with E-state index in [4.69, 9.17) is 5.11 Å². The van der Waals surface area contributed by atoms with Crippen molar-refractivity contribution in [2.75, 3.05) is 0 Å². The Labute approximate surface area is 92.1 Å². The molecule has 2 rings (SSSR count). The fourth-order valence-electron chi connectivity index (χ4n) is 1.99. The molecule has 0 fully saturated rings. The minimum Gasteiger partial charge on any atom is -0.478 e. The van der Waals surface area contributed by atoms with E-state index in [0.29, 0.717) is 16.5 Å². The molecule has 1 unspecified atom stereocenters. The number of nitrogens with zero attached hydrogens (tertiary/aromatic N) is 1. The van der Waals surface area contributed by atoms with E-state index in [-0.39, 0.29) is 5.56 Å². The van der Waals surface area contributed by atoms with Crippen LogP contribution in [0, 0.1) is 0 Å². The van der Waals surface area contributed by atoms with Crippen LogP contribution in [0.2, 0.25) is 0 Å². The van der Waals surface area contributed by atoms with Crippen molar-refractivity contribution in [1.82, 2.24) is 4.57 Å². The normalized spacial score (nSPS) is 12.9. The second kappa shape index (κ2) is 3.63. The Morgan fingerprint density at radius 1 is 1.50 bits per heavy atom. The number of carboxylic acids is 1. The highest BCUT2D eigenvalue weighted by molar-refractivity contribution is 6.03. The number of fused-ring (bicyclic) bond motifs is 1. The molecular weight excluding hydrogens is 209 g/mol. The molecule has 1 aromatic heterocycles. The lowest BCUT2D eigenvalue weighted by Crippen LogP contribution is -1.99. The van der Waals surface area contributed by atoms with Crippen LogP contribution in [0.25, 0.3) is 10.9 Å². The predicted octanol–water partition coefficient (Wildman–Crippen LogP) is 2.91. The molecule has 0 amide bonds. The van der Waals surface area contributed by atoms with Crippen LogP contribution in [0.3, 0.4) is 0 Å². The molecule has 16 heavy (non-hydrogen) atoms. The van der Waals surface area contributed by atoms with Crippen LogP contribution in [0.1, 0.15) is 29.0 Å². The van der Waals surface area contributed by atoms with Gasteiger partial charge in [0, 0.05) is 24.2 Å².